The van der Waals surface area contributed by atoms with Crippen LogP contribution in [0.2, 0.25) is 10.0 Å². The summed E-state index contributed by atoms with van der Waals surface area (Å²) in [5, 5.41) is 21.8. The molecule has 0 aliphatic heterocycles. The van der Waals surface area contributed by atoms with E-state index in [-0.39, 0.29) is 10.5 Å². The van der Waals surface area contributed by atoms with Crippen molar-refractivity contribution in [2.24, 2.45) is 0 Å². The Hall–Kier alpha value is -2.09. The summed E-state index contributed by atoms with van der Waals surface area (Å²) in [5.74, 6) is 0. The van der Waals surface area contributed by atoms with Crippen molar-refractivity contribution in [3.63, 3.8) is 0 Å². The Balaban J connectivity index is 1.88. The summed E-state index contributed by atoms with van der Waals surface area (Å²) in [4.78, 5) is 3.56. The molecule has 28 heavy (non-hydrogen) atoms. The predicted molar refractivity (Wildman–Crippen MR) is 124 cm³/mol. The Morgan fingerprint density at radius 1 is 0.929 bits per heavy atom. The van der Waals surface area contributed by atoms with Gasteiger partial charge < -0.3 is 19.8 Å². The molecule has 0 aliphatic carbocycles. The maximum absolute atomic E-state index is 9.46. The van der Waals surface area contributed by atoms with E-state index in [2.05, 4.69) is 12.1 Å². The van der Waals surface area contributed by atoms with Crippen molar-refractivity contribution in [2.45, 2.75) is 0 Å². The van der Waals surface area contributed by atoms with E-state index in [0.29, 0.717) is 10.7 Å². The third-order valence-electron chi connectivity index (χ3n) is 4.32. The number of hydrogen-bond acceptors (Lipinski definition) is 4. The van der Waals surface area contributed by atoms with E-state index in [1.807, 2.05) is 35.2 Å². The smallest absolute Gasteiger partial charge is 0.423 e. The molecule has 0 bridgehead atoms. The van der Waals surface area contributed by atoms with Gasteiger partial charge in [-0.05, 0) is 35.0 Å². The van der Waals surface area contributed by atoms with Crippen molar-refractivity contribution in [1.29, 1.82) is 0 Å². The molecule has 0 amide bonds. The Morgan fingerprint density at radius 2 is 1.64 bits per heavy atom. The van der Waals surface area contributed by atoms with Crippen molar-refractivity contribution >= 4 is 75.6 Å². The van der Waals surface area contributed by atoms with Gasteiger partial charge in [-0.3, -0.25) is 0 Å². The van der Waals surface area contributed by atoms with Crippen LogP contribution < -0.4 is 15.3 Å². The molecule has 0 fully saturated rings. The minimum atomic E-state index is -1.68. The van der Waals surface area contributed by atoms with Crippen LogP contribution in [0.5, 0.6) is 0 Å². The van der Waals surface area contributed by atoms with E-state index >= 15 is 0 Å². The van der Waals surface area contributed by atoms with E-state index in [9.17, 15) is 10.0 Å². The zero-order valence-corrected chi connectivity index (χ0v) is 17.3. The average molecular weight is 431 g/mol. The highest BCUT2D eigenvalue weighted by Crippen LogP contribution is 2.28. The Morgan fingerprint density at radius 3 is 2.32 bits per heavy atom. The number of rotatable bonds is 6. The highest BCUT2D eigenvalue weighted by Gasteiger charge is 2.19. The molecule has 3 rings (SSSR count). The van der Waals surface area contributed by atoms with Crippen LogP contribution in [0.4, 0.5) is 11.4 Å². The third-order valence-corrected chi connectivity index (χ3v) is 5.18. The molecular formula is C20H17BCl2N2O2S. The second-order valence-corrected chi connectivity index (χ2v) is 7.18. The van der Waals surface area contributed by atoms with Crippen LogP contribution in [-0.2, 0) is 0 Å². The second kappa shape index (κ2) is 8.94. The maximum Gasteiger partial charge on any atom is 0.490 e. The van der Waals surface area contributed by atoms with Crippen molar-refractivity contribution in [3.05, 3.63) is 77.0 Å². The lowest BCUT2D eigenvalue weighted by atomic mass is 9.80. The lowest BCUT2D eigenvalue weighted by Gasteiger charge is -2.20. The van der Waals surface area contributed by atoms with Gasteiger partial charge >= 0.3 is 7.12 Å². The van der Waals surface area contributed by atoms with Crippen LogP contribution in [0.3, 0.4) is 0 Å². The molecule has 2 N–H and O–H groups in total. The van der Waals surface area contributed by atoms with E-state index in [1.165, 1.54) is 12.1 Å². The number of anilines is 2. The Kier molecular flexibility index (Phi) is 6.59. The van der Waals surface area contributed by atoms with Gasteiger partial charge in [0.05, 0.1) is 16.2 Å². The van der Waals surface area contributed by atoms with Crippen molar-refractivity contribution in [1.82, 2.24) is 0 Å². The minimum Gasteiger partial charge on any atom is -0.423 e. The molecule has 0 unspecified atom stereocenters. The first-order valence-electron chi connectivity index (χ1n) is 8.39. The lowest BCUT2D eigenvalue weighted by Crippen LogP contribution is -2.31. The normalized spacial score (nSPS) is 11.0. The molecular weight excluding hydrogens is 414 g/mol. The van der Waals surface area contributed by atoms with Gasteiger partial charge in [-0.1, -0.05) is 65.8 Å². The third kappa shape index (κ3) is 4.48. The molecule has 0 aliphatic rings. The van der Waals surface area contributed by atoms with E-state index in [1.54, 1.807) is 29.8 Å². The number of benzene rings is 3. The van der Waals surface area contributed by atoms with Gasteiger partial charge in [-0.2, -0.15) is 0 Å². The summed E-state index contributed by atoms with van der Waals surface area (Å²) < 4.78 is 0. The zero-order valence-electron chi connectivity index (χ0n) is 15.0. The summed E-state index contributed by atoms with van der Waals surface area (Å²) in [6.07, 6.45) is 3.58. The highest BCUT2D eigenvalue weighted by molar-refractivity contribution is 7.79. The highest BCUT2D eigenvalue weighted by atomic mass is 35.5. The van der Waals surface area contributed by atoms with Crippen molar-refractivity contribution in [3.8, 4) is 0 Å². The Labute approximate surface area is 179 Å². The quantitative estimate of drug-likeness (QED) is 0.453. The first kappa shape index (κ1) is 20.6. The van der Waals surface area contributed by atoms with Crippen LogP contribution in [0.15, 0.2) is 67.0 Å². The predicted octanol–water partition coefficient (Wildman–Crippen LogP) is 4.20. The molecule has 0 spiro atoms. The molecule has 3 aromatic carbocycles. The number of thiocarbonyl (C=S) groups is 1. The molecule has 3 aromatic rings. The monoisotopic (exact) mass is 430 g/mol. The van der Waals surface area contributed by atoms with E-state index < -0.39 is 7.12 Å². The summed E-state index contributed by atoms with van der Waals surface area (Å²) >= 11 is 17.4. The standard InChI is InChI=1S/C20H17BCl2N2O2S/c1-24(20-11-17(21(26)27)18(22)12-19(20)23)8-9-25(13-28)16-7-6-14-4-2-3-5-15(14)10-16/h2-13,26-27H,1H3/b9-8-. The average Bonchev–Trinajstić information content (AvgIpc) is 2.68. The second-order valence-electron chi connectivity index (χ2n) is 6.15. The number of halogens is 2. The zero-order chi connectivity index (χ0) is 20.3. The van der Waals surface area contributed by atoms with Gasteiger partial charge in [-0.15, -0.1) is 0 Å². The van der Waals surface area contributed by atoms with Crippen LogP contribution in [-0.4, -0.2) is 29.7 Å². The first-order valence-corrected chi connectivity index (χ1v) is 9.62. The molecule has 0 heterocycles. The number of hydrogen-bond donors (Lipinski definition) is 2. The lowest BCUT2D eigenvalue weighted by molar-refractivity contribution is 0.426. The Bertz CT molecular complexity index is 1050. The molecule has 8 heteroatoms. The molecule has 0 saturated heterocycles. The van der Waals surface area contributed by atoms with E-state index in [4.69, 9.17) is 35.4 Å². The summed E-state index contributed by atoms with van der Waals surface area (Å²) in [5.41, 5.74) is 3.23. The number of fused-ring (bicyclic) bond motifs is 1. The molecule has 0 radical (unpaired) electrons. The van der Waals surface area contributed by atoms with Crippen LogP contribution >= 0.6 is 35.4 Å². The fourth-order valence-corrected chi connectivity index (χ4v) is 3.60. The molecule has 0 atom stereocenters. The first-order chi connectivity index (χ1) is 13.4. The summed E-state index contributed by atoms with van der Waals surface area (Å²) in [6, 6.07) is 17.2. The minimum absolute atomic E-state index is 0.183. The topological polar surface area (TPSA) is 46.9 Å². The van der Waals surface area contributed by atoms with E-state index in [0.717, 1.165) is 16.5 Å². The molecule has 142 valence electrons. The largest absolute Gasteiger partial charge is 0.490 e. The van der Waals surface area contributed by atoms with Crippen LogP contribution in [0.25, 0.3) is 10.8 Å². The fraction of sp³-hybridized carbons (Fsp3) is 0.0500. The van der Waals surface area contributed by atoms with Gasteiger partial charge in [0, 0.05) is 35.6 Å². The van der Waals surface area contributed by atoms with Crippen LogP contribution in [0.1, 0.15) is 0 Å². The van der Waals surface area contributed by atoms with Crippen molar-refractivity contribution in [2.75, 3.05) is 16.8 Å². The molecule has 4 nitrogen and oxygen atoms in total. The SMILES string of the molecule is CN(/C=C\N(C=S)c1ccc2ccccc2c1)c1cc(B(O)O)c(Cl)cc1Cl. The van der Waals surface area contributed by atoms with Gasteiger partial charge in [0.1, 0.15) is 0 Å². The number of nitrogens with zero attached hydrogens (tertiary/aromatic N) is 2. The maximum atomic E-state index is 9.46. The fourth-order valence-electron chi connectivity index (χ4n) is 2.79. The molecule has 0 saturated carbocycles. The van der Waals surface area contributed by atoms with Crippen molar-refractivity contribution < 1.29 is 10.0 Å². The summed E-state index contributed by atoms with van der Waals surface area (Å²) in [7, 11) is 0.108. The van der Waals surface area contributed by atoms with Gasteiger partial charge in [0.25, 0.3) is 0 Å². The van der Waals surface area contributed by atoms with Gasteiger partial charge in [0.2, 0.25) is 0 Å². The summed E-state index contributed by atoms with van der Waals surface area (Å²) in [6.45, 7) is 0. The van der Waals surface area contributed by atoms with Gasteiger partial charge in [-0.25, -0.2) is 0 Å². The van der Waals surface area contributed by atoms with Crippen LogP contribution in [0, 0.1) is 0 Å². The molecule has 0 aromatic heterocycles. The van der Waals surface area contributed by atoms with Gasteiger partial charge in [0.15, 0.2) is 0 Å².